The number of halogens is 2. The first-order valence-corrected chi connectivity index (χ1v) is 7.78. The molecule has 0 radical (unpaired) electrons. The number of benzene rings is 2. The van der Waals surface area contributed by atoms with E-state index in [0.717, 1.165) is 5.01 Å². The van der Waals surface area contributed by atoms with E-state index < -0.39 is 11.6 Å². The molecule has 0 unspecified atom stereocenters. The molecule has 4 nitrogen and oxygen atoms in total. The van der Waals surface area contributed by atoms with E-state index in [0.29, 0.717) is 26.9 Å². The summed E-state index contributed by atoms with van der Waals surface area (Å²) in [6.07, 6.45) is 0.244. The molecular weight excluding hydrogens is 335 g/mol. The van der Waals surface area contributed by atoms with E-state index in [1.807, 2.05) is 0 Å². The second kappa shape index (κ2) is 5.96. The average Bonchev–Trinajstić information content (AvgIpc) is 2.84. The normalized spacial score (nSPS) is 20.5. The minimum Gasteiger partial charge on any atom is -0.365 e. The van der Waals surface area contributed by atoms with Crippen LogP contribution in [0.3, 0.4) is 0 Å². The Morgan fingerprint density at radius 3 is 2.17 bits per heavy atom. The largest absolute Gasteiger partial charge is 0.365 e. The maximum Gasteiger partial charge on any atom is 0.276 e. The van der Waals surface area contributed by atoms with Crippen molar-refractivity contribution in [3.8, 4) is 0 Å². The first kappa shape index (κ1) is 16.0. The number of amides is 1. The summed E-state index contributed by atoms with van der Waals surface area (Å²) in [5.74, 6) is -0.393. The third-order valence-corrected chi connectivity index (χ3v) is 4.22. The van der Waals surface area contributed by atoms with Gasteiger partial charge in [-0.15, -0.1) is 0 Å². The molecule has 1 aliphatic heterocycles. The van der Waals surface area contributed by atoms with Crippen molar-refractivity contribution in [2.24, 2.45) is 5.10 Å². The number of rotatable bonds is 2. The Kier molecular flexibility index (Phi) is 4.15. The number of carbonyl (C=O) groups is 1. The van der Waals surface area contributed by atoms with Gasteiger partial charge < -0.3 is 5.11 Å². The topological polar surface area (TPSA) is 52.9 Å². The molecule has 118 valence electrons. The molecule has 0 fully saturated rings. The van der Waals surface area contributed by atoms with Crippen LogP contribution in [0.2, 0.25) is 10.0 Å². The summed E-state index contributed by atoms with van der Waals surface area (Å²) >= 11 is 11.8. The molecule has 2 aromatic carbocycles. The fraction of sp³-hybridized carbons (Fsp3) is 0.176. The van der Waals surface area contributed by atoms with Gasteiger partial charge in [0.2, 0.25) is 0 Å². The van der Waals surface area contributed by atoms with E-state index in [1.54, 1.807) is 55.5 Å². The Labute approximate surface area is 143 Å². The molecule has 1 atom stereocenters. The van der Waals surface area contributed by atoms with Crippen molar-refractivity contribution < 1.29 is 9.90 Å². The fourth-order valence-electron chi connectivity index (χ4n) is 2.59. The highest BCUT2D eigenvalue weighted by Crippen LogP contribution is 2.36. The molecule has 2 aromatic rings. The van der Waals surface area contributed by atoms with Gasteiger partial charge in [-0.25, -0.2) is 0 Å². The van der Waals surface area contributed by atoms with Crippen molar-refractivity contribution in [2.75, 3.05) is 0 Å². The molecule has 1 N–H and O–H groups in total. The van der Waals surface area contributed by atoms with Gasteiger partial charge in [-0.05, 0) is 43.3 Å². The molecule has 1 aliphatic rings. The predicted octanol–water partition coefficient (Wildman–Crippen LogP) is 4.06. The van der Waals surface area contributed by atoms with Gasteiger partial charge in [-0.1, -0.05) is 35.3 Å². The summed E-state index contributed by atoms with van der Waals surface area (Å²) in [5.41, 5.74) is 0.112. The van der Waals surface area contributed by atoms with Crippen LogP contribution in [-0.4, -0.2) is 21.7 Å². The monoisotopic (exact) mass is 348 g/mol. The van der Waals surface area contributed by atoms with Gasteiger partial charge in [0, 0.05) is 33.3 Å². The van der Waals surface area contributed by atoms with Gasteiger partial charge in [0.15, 0.2) is 5.72 Å². The minimum absolute atomic E-state index is 0.244. The quantitative estimate of drug-likeness (QED) is 0.889. The van der Waals surface area contributed by atoms with E-state index in [1.165, 1.54) is 0 Å². The highest BCUT2D eigenvalue weighted by atomic mass is 35.5. The van der Waals surface area contributed by atoms with Crippen molar-refractivity contribution in [3.63, 3.8) is 0 Å². The van der Waals surface area contributed by atoms with Gasteiger partial charge in [0.1, 0.15) is 0 Å². The summed E-state index contributed by atoms with van der Waals surface area (Å²) in [6.45, 7) is 1.77. The number of aliphatic hydroxyl groups is 1. The zero-order valence-electron chi connectivity index (χ0n) is 12.3. The lowest BCUT2D eigenvalue weighted by Crippen LogP contribution is -2.43. The molecule has 0 saturated heterocycles. The summed E-state index contributed by atoms with van der Waals surface area (Å²) in [4.78, 5) is 12.7. The number of hydrogen-bond acceptors (Lipinski definition) is 3. The fourth-order valence-corrected chi connectivity index (χ4v) is 2.84. The third kappa shape index (κ3) is 2.98. The number of hydrogen-bond donors (Lipinski definition) is 1. The van der Waals surface area contributed by atoms with Crippen molar-refractivity contribution >= 4 is 34.8 Å². The van der Waals surface area contributed by atoms with Gasteiger partial charge in [0.05, 0.1) is 0 Å². The SMILES string of the molecule is CC1=NN(C(=O)c2ccc(Cl)cc2)[C@@](O)(c2ccc(Cl)cc2)C1. The molecule has 1 amide bonds. The van der Waals surface area contributed by atoms with Crippen LogP contribution in [0.5, 0.6) is 0 Å². The maximum absolute atomic E-state index is 12.7. The standard InChI is InChI=1S/C17H14Cl2N2O2/c1-11-10-17(23,13-4-8-15(19)9-5-13)21(20-11)16(22)12-2-6-14(18)7-3-12/h2-9,23H,10H2,1H3/t17-/m0/s1. The van der Waals surface area contributed by atoms with Gasteiger partial charge in [0.25, 0.3) is 5.91 Å². The summed E-state index contributed by atoms with van der Waals surface area (Å²) in [7, 11) is 0. The predicted molar refractivity (Wildman–Crippen MR) is 90.7 cm³/mol. The van der Waals surface area contributed by atoms with Gasteiger partial charge >= 0.3 is 0 Å². The Hall–Kier alpha value is -1.88. The van der Waals surface area contributed by atoms with Crippen LogP contribution in [0.4, 0.5) is 0 Å². The van der Waals surface area contributed by atoms with Gasteiger partial charge in [-0.3, -0.25) is 4.79 Å². The van der Waals surface area contributed by atoms with Crippen molar-refractivity contribution in [3.05, 3.63) is 69.7 Å². The maximum atomic E-state index is 12.7. The average molecular weight is 349 g/mol. The van der Waals surface area contributed by atoms with E-state index in [9.17, 15) is 9.90 Å². The highest BCUT2D eigenvalue weighted by molar-refractivity contribution is 6.30. The molecule has 0 aromatic heterocycles. The lowest BCUT2D eigenvalue weighted by molar-refractivity contribution is -0.0765. The molecule has 23 heavy (non-hydrogen) atoms. The molecule has 3 rings (SSSR count). The second-order valence-electron chi connectivity index (χ2n) is 5.46. The van der Waals surface area contributed by atoms with Crippen LogP contribution in [0.25, 0.3) is 0 Å². The number of hydrazone groups is 1. The lowest BCUT2D eigenvalue weighted by Gasteiger charge is -2.31. The molecular formula is C17H14Cl2N2O2. The smallest absolute Gasteiger partial charge is 0.276 e. The Bertz CT molecular complexity index is 772. The second-order valence-corrected chi connectivity index (χ2v) is 6.33. The van der Waals surface area contributed by atoms with Crippen molar-refractivity contribution in [2.45, 2.75) is 19.1 Å². The Morgan fingerprint density at radius 2 is 1.61 bits per heavy atom. The van der Waals surface area contributed by atoms with Crippen LogP contribution in [0.1, 0.15) is 29.3 Å². The third-order valence-electron chi connectivity index (χ3n) is 3.71. The lowest BCUT2D eigenvalue weighted by atomic mass is 9.97. The molecule has 6 heteroatoms. The highest BCUT2D eigenvalue weighted by Gasteiger charge is 2.45. The minimum atomic E-state index is -1.52. The van der Waals surface area contributed by atoms with Gasteiger partial charge in [-0.2, -0.15) is 10.1 Å². The van der Waals surface area contributed by atoms with Crippen LogP contribution in [-0.2, 0) is 5.72 Å². The molecule has 0 saturated carbocycles. The molecule has 0 spiro atoms. The molecule has 1 heterocycles. The zero-order chi connectivity index (χ0) is 16.6. The van der Waals surface area contributed by atoms with E-state index in [-0.39, 0.29) is 6.42 Å². The van der Waals surface area contributed by atoms with Crippen LogP contribution in [0, 0.1) is 0 Å². The van der Waals surface area contributed by atoms with Crippen LogP contribution < -0.4 is 0 Å². The molecule has 0 bridgehead atoms. The van der Waals surface area contributed by atoms with Crippen molar-refractivity contribution in [1.29, 1.82) is 0 Å². The summed E-state index contributed by atoms with van der Waals surface area (Å²) in [6, 6.07) is 13.2. The number of carbonyl (C=O) groups excluding carboxylic acids is 1. The van der Waals surface area contributed by atoms with E-state index in [2.05, 4.69) is 5.10 Å². The zero-order valence-corrected chi connectivity index (χ0v) is 13.8. The Morgan fingerprint density at radius 1 is 1.09 bits per heavy atom. The van der Waals surface area contributed by atoms with Crippen molar-refractivity contribution in [1.82, 2.24) is 5.01 Å². The number of nitrogens with zero attached hydrogens (tertiary/aromatic N) is 2. The first-order chi connectivity index (χ1) is 10.9. The van der Waals surface area contributed by atoms with E-state index >= 15 is 0 Å². The first-order valence-electron chi connectivity index (χ1n) is 7.03. The van der Waals surface area contributed by atoms with E-state index in [4.69, 9.17) is 23.2 Å². The van der Waals surface area contributed by atoms with Crippen LogP contribution in [0.15, 0.2) is 53.6 Å². The summed E-state index contributed by atoms with van der Waals surface area (Å²) < 4.78 is 0. The van der Waals surface area contributed by atoms with Crippen LogP contribution >= 0.6 is 23.2 Å². The summed E-state index contributed by atoms with van der Waals surface area (Å²) in [5, 5.41) is 17.5. The molecule has 0 aliphatic carbocycles. The Balaban J connectivity index is 1.99.